The highest BCUT2D eigenvalue weighted by atomic mass is 19.1. The van der Waals surface area contributed by atoms with Crippen molar-refractivity contribution >= 4 is 5.91 Å². The fourth-order valence-corrected chi connectivity index (χ4v) is 3.66. The van der Waals surface area contributed by atoms with Crippen LogP contribution >= 0.6 is 0 Å². The molecule has 2 aromatic rings. The average molecular weight is 314 g/mol. The number of likely N-dealkylation sites (tertiary alicyclic amines) is 1. The third kappa shape index (κ3) is 2.55. The lowest BCUT2D eigenvalue weighted by molar-refractivity contribution is 0.0766. The SMILES string of the molecule is O=C(c1c[nH]cc1-c1ccc(F)cc1)N1CC[C@]2(CCOC2)C1. The van der Waals surface area contributed by atoms with E-state index in [9.17, 15) is 9.18 Å². The van der Waals surface area contributed by atoms with Crippen LogP contribution in [0.1, 0.15) is 23.2 Å². The van der Waals surface area contributed by atoms with Crippen LogP contribution in [0.3, 0.4) is 0 Å². The van der Waals surface area contributed by atoms with Gasteiger partial charge >= 0.3 is 0 Å². The van der Waals surface area contributed by atoms with Crippen molar-refractivity contribution in [3.63, 3.8) is 0 Å². The molecule has 0 unspecified atom stereocenters. The number of aromatic nitrogens is 1. The van der Waals surface area contributed by atoms with Gasteiger partial charge in [0.05, 0.1) is 12.2 Å². The summed E-state index contributed by atoms with van der Waals surface area (Å²) in [5, 5.41) is 0. The maximum Gasteiger partial charge on any atom is 0.256 e. The van der Waals surface area contributed by atoms with E-state index in [2.05, 4.69) is 4.98 Å². The zero-order chi connectivity index (χ0) is 15.9. The number of amides is 1. The van der Waals surface area contributed by atoms with E-state index in [1.54, 1.807) is 24.5 Å². The fraction of sp³-hybridized carbons (Fsp3) is 0.389. The Kier molecular flexibility index (Phi) is 3.45. The topological polar surface area (TPSA) is 45.3 Å². The molecule has 2 aliphatic heterocycles. The lowest BCUT2D eigenvalue weighted by Crippen LogP contribution is -2.32. The van der Waals surface area contributed by atoms with Gasteiger partial charge in [0.25, 0.3) is 5.91 Å². The molecule has 1 aromatic carbocycles. The molecule has 2 aliphatic rings. The summed E-state index contributed by atoms with van der Waals surface area (Å²) in [6.45, 7) is 3.10. The van der Waals surface area contributed by atoms with Crippen LogP contribution in [0.2, 0.25) is 0 Å². The van der Waals surface area contributed by atoms with Crippen molar-refractivity contribution < 1.29 is 13.9 Å². The third-order valence-electron chi connectivity index (χ3n) is 5.04. The molecule has 1 N–H and O–H groups in total. The van der Waals surface area contributed by atoms with Crippen LogP contribution in [0.25, 0.3) is 11.1 Å². The molecular weight excluding hydrogens is 295 g/mol. The highest BCUT2D eigenvalue weighted by molar-refractivity contribution is 6.01. The Balaban J connectivity index is 1.58. The van der Waals surface area contributed by atoms with Crippen LogP contribution < -0.4 is 0 Å². The summed E-state index contributed by atoms with van der Waals surface area (Å²) in [5.74, 6) is -0.241. The molecule has 3 heterocycles. The molecule has 1 spiro atoms. The number of nitrogens with one attached hydrogen (secondary N) is 1. The fourth-order valence-electron chi connectivity index (χ4n) is 3.66. The maximum atomic E-state index is 13.1. The van der Waals surface area contributed by atoms with Crippen LogP contribution in [0, 0.1) is 11.2 Å². The maximum absolute atomic E-state index is 13.1. The number of nitrogens with zero attached hydrogens (tertiary/aromatic N) is 1. The van der Waals surface area contributed by atoms with Crippen LogP contribution in [0.4, 0.5) is 4.39 Å². The summed E-state index contributed by atoms with van der Waals surface area (Å²) in [4.78, 5) is 17.8. The van der Waals surface area contributed by atoms with E-state index in [1.807, 2.05) is 4.90 Å². The van der Waals surface area contributed by atoms with Gasteiger partial charge in [-0.05, 0) is 30.5 Å². The number of hydrogen-bond acceptors (Lipinski definition) is 2. The predicted molar refractivity (Wildman–Crippen MR) is 84.6 cm³/mol. The van der Waals surface area contributed by atoms with Crippen molar-refractivity contribution in [3.8, 4) is 11.1 Å². The van der Waals surface area contributed by atoms with Gasteiger partial charge in [-0.3, -0.25) is 4.79 Å². The largest absolute Gasteiger partial charge is 0.381 e. The minimum absolute atomic E-state index is 0.0364. The molecule has 2 fully saturated rings. The number of carbonyl (C=O) groups is 1. The van der Waals surface area contributed by atoms with E-state index in [-0.39, 0.29) is 17.1 Å². The smallest absolute Gasteiger partial charge is 0.256 e. The Morgan fingerprint density at radius 1 is 1.22 bits per heavy atom. The summed E-state index contributed by atoms with van der Waals surface area (Å²) in [6, 6.07) is 6.23. The van der Waals surface area contributed by atoms with E-state index < -0.39 is 0 Å². The first-order valence-electron chi connectivity index (χ1n) is 7.97. The van der Waals surface area contributed by atoms with Crippen molar-refractivity contribution in [2.75, 3.05) is 26.3 Å². The van der Waals surface area contributed by atoms with Gasteiger partial charge in [-0.15, -0.1) is 0 Å². The molecule has 1 amide bonds. The van der Waals surface area contributed by atoms with Crippen molar-refractivity contribution in [3.05, 3.63) is 48.0 Å². The Morgan fingerprint density at radius 2 is 2.04 bits per heavy atom. The van der Waals surface area contributed by atoms with E-state index in [1.165, 1.54) is 12.1 Å². The number of aromatic amines is 1. The van der Waals surface area contributed by atoms with Gasteiger partial charge < -0.3 is 14.6 Å². The van der Waals surface area contributed by atoms with Crippen LogP contribution in [0.15, 0.2) is 36.7 Å². The number of hydrogen-bond donors (Lipinski definition) is 1. The van der Waals surface area contributed by atoms with Gasteiger partial charge in [-0.2, -0.15) is 0 Å². The van der Waals surface area contributed by atoms with Crippen molar-refractivity contribution in [2.45, 2.75) is 12.8 Å². The first kappa shape index (κ1) is 14.5. The van der Waals surface area contributed by atoms with Gasteiger partial charge in [0.1, 0.15) is 5.82 Å². The monoisotopic (exact) mass is 314 g/mol. The second-order valence-corrected chi connectivity index (χ2v) is 6.57. The zero-order valence-corrected chi connectivity index (χ0v) is 12.8. The highest BCUT2D eigenvalue weighted by Crippen LogP contribution is 2.39. The average Bonchev–Trinajstić information content (AvgIpc) is 3.30. The first-order chi connectivity index (χ1) is 11.2. The lowest BCUT2D eigenvalue weighted by Gasteiger charge is -2.22. The number of H-pyrrole nitrogens is 1. The molecule has 23 heavy (non-hydrogen) atoms. The van der Waals surface area contributed by atoms with Gasteiger partial charge in [0.15, 0.2) is 0 Å². The van der Waals surface area contributed by atoms with E-state index in [0.29, 0.717) is 5.56 Å². The predicted octanol–water partition coefficient (Wildman–Crippen LogP) is 3.07. The lowest BCUT2D eigenvalue weighted by atomic mass is 9.87. The second-order valence-electron chi connectivity index (χ2n) is 6.57. The second kappa shape index (κ2) is 5.49. The molecule has 1 aromatic heterocycles. The molecule has 2 saturated heterocycles. The van der Waals surface area contributed by atoms with E-state index in [0.717, 1.165) is 50.3 Å². The Morgan fingerprint density at radius 3 is 2.78 bits per heavy atom. The summed E-state index contributed by atoms with van der Waals surface area (Å²) >= 11 is 0. The van der Waals surface area contributed by atoms with Crippen LogP contribution in [-0.4, -0.2) is 42.1 Å². The van der Waals surface area contributed by atoms with Gasteiger partial charge in [0, 0.05) is 43.1 Å². The number of carbonyl (C=O) groups excluding carboxylic acids is 1. The van der Waals surface area contributed by atoms with Crippen molar-refractivity contribution in [2.24, 2.45) is 5.41 Å². The van der Waals surface area contributed by atoms with Gasteiger partial charge in [0.2, 0.25) is 0 Å². The quantitative estimate of drug-likeness (QED) is 0.926. The molecule has 120 valence electrons. The Bertz CT molecular complexity index is 717. The molecular formula is C18H19FN2O2. The molecule has 4 nitrogen and oxygen atoms in total. The standard InChI is InChI=1S/C18H19FN2O2/c19-14-3-1-13(2-4-14)15-9-20-10-16(15)17(22)21-7-5-18(11-21)6-8-23-12-18/h1-4,9-10,20H,5-8,11-12H2/t18-/m0/s1. The number of ether oxygens (including phenoxy) is 1. The van der Waals surface area contributed by atoms with Gasteiger partial charge in [-0.1, -0.05) is 12.1 Å². The molecule has 5 heteroatoms. The molecule has 4 rings (SSSR count). The Labute approximate surface area is 134 Å². The normalized spacial score (nSPS) is 23.8. The highest BCUT2D eigenvalue weighted by Gasteiger charge is 2.43. The number of rotatable bonds is 2. The summed E-state index contributed by atoms with van der Waals surface area (Å²) in [6.07, 6.45) is 5.58. The van der Waals surface area contributed by atoms with Crippen LogP contribution in [-0.2, 0) is 4.74 Å². The molecule has 0 radical (unpaired) electrons. The molecule has 0 aliphatic carbocycles. The minimum atomic E-state index is -0.278. The summed E-state index contributed by atoms with van der Waals surface area (Å²) < 4.78 is 18.6. The summed E-state index contributed by atoms with van der Waals surface area (Å²) in [7, 11) is 0. The van der Waals surface area contributed by atoms with Crippen molar-refractivity contribution in [1.82, 2.24) is 9.88 Å². The van der Waals surface area contributed by atoms with E-state index in [4.69, 9.17) is 4.74 Å². The zero-order valence-electron chi connectivity index (χ0n) is 12.8. The summed E-state index contributed by atoms with van der Waals surface area (Å²) in [5.41, 5.74) is 2.46. The number of halogens is 1. The minimum Gasteiger partial charge on any atom is -0.381 e. The Hall–Kier alpha value is -2.14. The van der Waals surface area contributed by atoms with Crippen molar-refractivity contribution in [1.29, 1.82) is 0 Å². The number of benzene rings is 1. The third-order valence-corrected chi connectivity index (χ3v) is 5.04. The molecule has 1 atom stereocenters. The molecule has 0 bridgehead atoms. The van der Waals surface area contributed by atoms with Crippen LogP contribution in [0.5, 0.6) is 0 Å². The van der Waals surface area contributed by atoms with Gasteiger partial charge in [-0.25, -0.2) is 4.39 Å². The first-order valence-corrected chi connectivity index (χ1v) is 7.97. The van der Waals surface area contributed by atoms with E-state index >= 15 is 0 Å². The molecule has 0 saturated carbocycles.